The van der Waals surface area contributed by atoms with Gasteiger partial charge in [0.1, 0.15) is 18.7 Å². The summed E-state index contributed by atoms with van der Waals surface area (Å²) >= 11 is 0. The molecule has 3 heterocycles. The highest BCUT2D eigenvalue weighted by Crippen LogP contribution is 2.29. The SMILES string of the molecule is O=c1c2ncn([C@H]3C[C@H](O)[C@@H](CO)O3)c2ncn1O. The normalized spacial score (nSPS) is 27.2. The van der Waals surface area contributed by atoms with Crippen LogP contribution in [0.15, 0.2) is 17.4 Å². The Morgan fingerprint density at radius 2 is 2.21 bits per heavy atom. The number of aliphatic hydroxyl groups is 2. The Balaban J connectivity index is 2.03. The van der Waals surface area contributed by atoms with E-state index in [4.69, 9.17) is 9.84 Å². The second kappa shape index (κ2) is 4.30. The third-order valence-corrected chi connectivity index (χ3v) is 3.16. The quantitative estimate of drug-likeness (QED) is 0.565. The number of hydrogen-bond acceptors (Lipinski definition) is 7. The van der Waals surface area contributed by atoms with Gasteiger partial charge in [0.25, 0.3) is 0 Å². The van der Waals surface area contributed by atoms with Crippen LogP contribution in [-0.4, -0.2) is 53.5 Å². The Labute approximate surface area is 106 Å². The molecule has 3 N–H and O–H groups in total. The summed E-state index contributed by atoms with van der Waals surface area (Å²) in [5.41, 5.74) is -0.414. The Hall–Kier alpha value is -1.97. The van der Waals surface area contributed by atoms with Crippen LogP contribution in [0.1, 0.15) is 12.6 Å². The highest BCUT2D eigenvalue weighted by molar-refractivity contribution is 5.68. The molecule has 3 rings (SSSR count). The minimum Gasteiger partial charge on any atom is -0.424 e. The number of aromatic nitrogens is 4. The second-order valence-corrected chi connectivity index (χ2v) is 4.33. The highest BCUT2D eigenvalue weighted by atomic mass is 16.5. The van der Waals surface area contributed by atoms with Crippen molar-refractivity contribution in [2.75, 3.05) is 6.61 Å². The summed E-state index contributed by atoms with van der Waals surface area (Å²) in [6, 6.07) is 0. The van der Waals surface area contributed by atoms with Gasteiger partial charge in [-0.1, -0.05) is 0 Å². The van der Waals surface area contributed by atoms with Crippen LogP contribution in [0.4, 0.5) is 0 Å². The monoisotopic (exact) mass is 268 g/mol. The summed E-state index contributed by atoms with van der Waals surface area (Å²) in [4.78, 5) is 19.4. The molecule has 0 bridgehead atoms. The van der Waals surface area contributed by atoms with Crippen LogP contribution >= 0.6 is 0 Å². The van der Waals surface area contributed by atoms with Crippen molar-refractivity contribution in [3.8, 4) is 0 Å². The van der Waals surface area contributed by atoms with Crippen LogP contribution in [-0.2, 0) is 4.74 Å². The standard InChI is InChI=1S/C10H12N4O5/c15-2-6-5(16)1-7(19-6)13-3-11-8-9(13)12-4-14(18)10(8)17/h3-7,15-16,18H,1-2H2/t5-,6+,7+/m0/s1. The van der Waals surface area contributed by atoms with Crippen LogP contribution < -0.4 is 5.56 Å². The number of hydrogen-bond donors (Lipinski definition) is 3. The van der Waals surface area contributed by atoms with Gasteiger partial charge in [0, 0.05) is 6.42 Å². The van der Waals surface area contributed by atoms with Crippen LogP contribution in [0.5, 0.6) is 0 Å². The number of imidazole rings is 1. The zero-order chi connectivity index (χ0) is 13.6. The van der Waals surface area contributed by atoms with E-state index in [2.05, 4.69) is 9.97 Å². The van der Waals surface area contributed by atoms with E-state index >= 15 is 0 Å². The molecule has 0 amide bonds. The first kappa shape index (κ1) is 12.1. The fraction of sp³-hybridized carbons (Fsp3) is 0.500. The number of aliphatic hydroxyl groups excluding tert-OH is 2. The molecule has 1 aliphatic heterocycles. The molecule has 19 heavy (non-hydrogen) atoms. The van der Waals surface area contributed by atoms with Crippen molar-refractivity contribution in [2.45, 2.75) is 24.9 Å². The molecular weight excluding hydrogens is 256 g/mol. The van der Waals surface area contributed by atoms with Crippen LogP contribution in [0.3, 0.4) is 0 Å². The lowest BCUT2D eigenvalue weighted by Crippen LogP contribution is -2.24. The van der Waals surface area contributed by atoms with Gasteiger partial charge in [-0.25, -0.2) is 9.97 Å². The van der Waals surface area contributed by atoms with Gasteiger partial charge in [-0.2, -0.15) is 0 Å². The smallest absolute Gasteiger partial charge is 0.314 e. The van der Waals surface area contributed by atoms with E-state index in [9.17, 15) is 15.1 Å². The number of nitrogens with zero attached hydrogens (tertiary/aromatic N) is 4. The third-order valence-electron chi connectivity index (χ3n) is 3.16. The number of rotatable bonds is 2. The largest absolute Gasteiger partial charge is 0.424 e. The van der Waals surface area contributed by atoms with Gasteiger partial charge in [-0.3, -0.25) is 9.36 Å². The molecule has 9 heteroatoms. The minimum absolute atomic E-state index is 0.00976. The van der Waals surface area contributed by atoms with Crippen LogP contribution in [0.2, 0.25) is 0 Å². The summed E-state index contributed by atoms with van der Waals surface area (Å²) in [6.45, 7) is -0.291. The molecule has 1 saturated heterocycles. The first-order chi connectivity index (χ1) is 9.11. The minimum atomic E-state index is -0.786. The molecule has 2 aromatic heterocycles. The van der Waals surface area contributed by atoms with Crippen molar-refractivity contribution in [3.63, 3.8) is 0 Å². The second-order valence-electron chi connectivity index (χ2n) is 4.33. The van der Waals surface area contributed by atoms with Crippen molar-refractivity contribution in [3.05, 3.63) is 23.0 Å². The topological polar surface area (TPSA) is 123 Å². The van der Waals surface area contributed by atoms with Crippen molar-refractivity contribution in [1.29, 1.82) is 0 Å². The van der Waals surface area contributed by atoms with Gasteiger partial charge in [0.05, 0.1) is 19.0 Å². The Morgan fingerprint density at radius 1 is 1.42 bits per heavy atom. The lowest BCUT2D eigenvalue weighted by Gasteiger charge is -2.13. The van der Waals surface area contributed by atoms with Gasteiger partial charge >= 0.3 is 5.56 Å². The average molecular weight is 268 g/mol. The maximum Gasteiger partial charge on any atom is 0.314 e. The van der Waals surface area contributed by atoms with Crippen LogP contribution in [0, 0.1) is 0 Å². The average Bonchev–Trinajstić information content (AvgIpc) is 2.97. The molecule has 102 valence electrons. The Morgan fingerprint density at radius 3 is 2.89 bits per heavy atom. The summed E-state index contributed by atoms with van der Waals surface area (Å²) in [7, 11) is 0. The van der Waals surface area contributed by atoms with E-state index in [0.717, 1.165) is 6.33 Å². The van der Waals surface area contributed by atoms with Gasteiger partial charge < -0.3 is 20.2 Å². The van der Waals surface area contributed by atoms with Crippen molar-refractivity contribution >= 4 is 11.2 Å². The molecule has 0 aliphatic carbocycles. The first-order valence-corrected chi connectivity index (χ1v) is 5.69. The summed E-state index contributed by atoms with van der Waals surface area (Å²) in [5, 5.41) is 27.9. The van der Waals surface area contributed by atoms with E-state index in [0.29, 0.717) is 4.73 Å². The number of fused-ring (bicyclic) bond motifs is 1. The summed E-state index contributed by atoms with van der Waals surface area (Å²) in [5.74, 6) is 0. The lowest BCUT2D eigenvalue weighted by molar-refractivity contribution is -0.0432. The molecule has 0 saturated carbocycles. The zero-order valence-corrected chi connectivity index (χ0v) is 9.75. The number of ether oxygens (including phenoxy) is 1. The van der Waals surface area contributed by atoms with Gasteiger partial charge in [-0.15, -0.1) is 4.73 Å². The molecule has 0 aromatic carbocycles. The predicted molar refractivity (Wildman–Crippen MR) is 60.6 cm³/mol. The third kappa shape index (κ3) is 1.79. The maximum absolute atomic E-state index is 11.6. The summed E-state index contributed by atoms with van der Waals surface area (Å²) < 4.78 is 7.30. The highest BCUT2D eigenvalue weighted by Gasteiger charge is 2.35. The zero-order valence-electron chi connectivity index (χ0n) is 9.75. The predicted octanol–water partition coefficient (Wildman–Crippen LogP) is -1.53. The van der Waals surface area contributed by atoms with Gasteiger partial charge in [0.2, 0.25) is 0 Å². The van der Waals surface area contributed by atoms with Gasteiger partial charge in [-0.05, 0) is 0 Å². The molecule has 3 atom stereocenters. The van der Waals surface area contributed by atoms with Crippen molar-refractivity contribution in [2.24, 2.45) is 0 Å². The first-order valence-electron chi connectivity index (χ1n) is 5.69. The molecular formula is C10H12N4O5. The molecule has 1 aliphatic rings. The van der Waals surface area contributed by atoms with E-state index in [1.165, 1.54) is 10.9 Å². The van der Waals surface area contributed by atoms with Crippen molar-refractivity contribution in [1.82, 2.24) is 19.3 Å². The lowest BCUT2D eigenvalue weighted by atomic mass is 10.2. The van der Waals surface area contributed by atoms with E-state index in [1.807, 2.05) is 0 Å². The van der Waals surface area contributed by atoms with Crippen molar-refractivity contribution < 1.29 is 20.2 Å². The summed E-state index contributed by atoms with van der Waals surface area (Å²) in [6.07, 6.45) is 0.582. The molecule has 0 radical (unpaired) electrons. The molecule has 2 aromatic rings. The fourth-order valence-corrected chi connectivity index (χ4v) is 2.16. The molecule has 1 fully saturated rings. The van der Waals surface area contributed by atoms with Crippen LogP contribution in [0.25, 0.3) is 11.2 Å². The van der Waals surface area contributed by atoms with E-state index in [1.54, 1.807) is 0 Å². The molecule has 0 unspecified atom stereocenters. The Bertz CT molecular complexity index is 665. The van der Waals surface area contributed by atoms with E-state index < -0.39 is 24.0 Å². The van der Waals surface area contributed by atoms with E-state index in [-0.39, 0.29) is 24.2 Å². The Kier molecular flexibility index (Phi) is 2.73. The fourth-order valence-electron chi connectivity index (χ4n) is 2.16. The van der Waals surface area contributed by atoms with Gasteiger partial charge in [0.15, 0.2) is 11.2 Å². The molecule has 9 nitrogen and oxygen atoms in total. The maximum atomic E-state index is 11.6. The molecule has 0 spiro atoms.